The molecule has 33 heavy (non-hydrogen) atoms. The quantitative estimate of drug-likeness (QED) is 0.366. The van der Waals surface area contributed by atoms with Crippen molar-refractivity contribution in [2.24, 2.45) is 0 Å². The second kappa shape index (κ2) is 8.99. The molecule has 0 aliphatic rings. The highest BCUT2D eigenvalue weighted by Crippen LogP contribution is 2.36. The SMILES string of the molecule is COc1ccc(OC)c(Sc2nc3c([nH]2)c(=N)ncn3CCc2cccc3ccccc23)c1. The average molecular weight is 458 g/mol. The topological polar surface area (TPSA) is 88.8 Å². The summed E-state index contributed by atoms with van der Waals surface area (Å²) in [4.78, 5) is 13.2. The summed E-state index contributed by atoms with van der Waals surface area (Å²) in [6.07, 6.45) is 2.52. The third-order valence-electron chi connectivity index (χ3n) is 5.58. The fourth-order valence-electron chi connectivity index (χ4n) is 3.89. The highest BCUT2D eigenvalue weighted by atomic mass is 32.2. The molecule has 3 aromatic carbocycles. The fourth-order valence-corrected chi connectivity index (χ4v) is 4.81. The van der Waals surface area contributed by atoms with Crippen LogP contribution in [0.3, 0.4) is 0 Å². The number of hydrogen-bond donors (Lipinski definition) is 2. The maximum atomic E-state index is 8.25. The summed E-state index contributed by atoms with van der Waals surface area (Å²) < 4.78 is 12.8. The van der Waals surface area contributed by atoms with Crippen molar-refractivity contribution in [2.75, 3.05) is 14.2 Å². The predicted molar refractivity (Wildman–Crippen MR) is 129 cm³/mol. The van der Waals surface area contributed by atoms with Crippen molar-refractivity contribution in [1.29, 1.82) is 5.41 Å². The van der Waals surface area contributed by atoms with E-state index in [1.54, 1.807) is 20.5 Å². The van der Waals surface area contributed by atoms with Crippen molar-refractivity contribution >= 4 is 33.7 Å². The minimum atomic E-state index is 0.170. The summed E-state index contributed by atoms with van der Waals surface area (Å²) in [5.74, 6) is 1.47. The number of imidazole rings is 1. The average Bonchev–Trinajstić information content (AvgIpc) is 3.28. The van der Waals surface area contributed by atoms with Crippen LogP contribution in [0.15, 0.2) is 77.0 Å². The molecule has 0 fully saturated rings. The third kappa shape index (κ3) is 4.17. The smallest absolute Gasteiger partial charge is 0.173 e. The molecule has 5 aromatic rings. The Balaban J connectivity index is 1.47. The first-order valence-electron chi connectivity index (χ1n) is 10.5. The molecule has 5 rings (SSSR count). The first-order chi connectivity index (χ1) is 16.2. The van der Waals surface area contributed by atoms with Gasteiger partial charge in [-0.05, 0) is 52.7 Å². The first-order valence-corrected chi connectivity index (χ1v) is 11.3. The second-order valence-electron chi connectivity index (χ2n) is 7.53. The summed E-state index contributed by atoms with van der Waals surface area (Å²) in [5.41, 5.74) is 2.76. The predicted octanol–water partition coefficient (Wildman–Crippen LogP) is 4.80. The Morgan fingerprint density at radius 1 is 1.03 bits per heavy atom. The van der Waals surface area contributed by atoms with Crippen LogP contribution < -0.4 is 15.0 Å². The normalized spacial score (nSPS) is 11.2. The zero-order valence-corrected chi connectivity index (χ0v) is 19.1. The molecule has 0 saturated heterocycles. The molecule has 0 unspecified atom stereocenters. The lowest BCUT2D eigenvalue weighted by molar-refractivity contribution is 0.394. The van der Waals surface area contributed by atoms with Gasteiger partial charge in [-0.2, -0.15) is 0 Å². The number of ether oxygens (including phenoxy) is 2. The third-order valence-corrected chi connectivity index (χ3v) is 6.50. The van der Waals surface area contributed by atoms with E-state index in [9.17, 15) is 0 Å². The molecule has 7 nitrogen and oxygen atoms in total. The number of H-pyrrole nitrogens is 1. The number of hydrogen-bond acceptors (Lipinski definition) is 6. The Morgan fingerprint density at radius 3 is 2.73 bits per heavy atom. The van der Waals surface area contributed by atoms with Crippen molar-refractivity contribution in [3.05, 3.63) is 78.0 Å². The number of nitrogens with zero attached hydrogens (tertiary/aromatic N) is 3. The van der Waals surface area contributed by atoms with Gasteiger partial charge in [-0.3, -0.25) is 5.41 Å². The number of aromatic amines is 1. The zero-order valence-electron chi connectivity index (χ0n) is 18.3. The molecule has 2 aromatic heterocycles. The maximum Gasteiger partial charge on any atom is 0.173 e. The van der Waals surface area contributed by atoms with Crippen LogP contribution in [0.25, 0.3) is 21.9 Å². The van der Waals surface area contributed by atoms with Crippen molar-refractivity contribution in [2.45, 2.75) is 23.0 Å². The Labute approximate surface area is 194 Å². The van der Waals surface area contributed by atoms with Crippen molar-refractivity contribution in [3.63, 3.8) is 0 Å². The number of benzene rings is 3. The Bertz CT molecular complexity index is 1500. The van der Waals surface area contributed by atoms with Crippen molar-refractivity contribution < 1.29 is 9.47 Å². The molecule has 2 N–H and O–H groups in total. The van der Waals surface area contributed by atoms with E-state index in [1.165, 1.54) is 28.1 Å². The van der Waals surface area contributed by atoms with Crippen molar-refractivity contribution in [3.8, 4) is 11.5 Å². The monoisotopic (exact) mass is 457 g/mol. The van der Waals surface area contributed by atoms with E-state index in [0.29, 0.717) is 22.9 Å². The molecule has 0 bridgehead atoms. The van der Waals surface area contributed by atoms with Gasteiger partial charge in [-0.15, -0.1) is 0 Å². The molecule has 0 atom stereocenters. The molecule has 0 aliphatic carbocycles. The minimum Gasteiger partial charge on any atom is -0.497 e. The molecule has 8 heteroatoms. The highest BCUT2D eigenvalue weighted by molar-refractivity contribution is 7.99. The van der Waals surface area contributed by atoms with Gasteiger partial charge >= 0.3 is 0 Å². The van der Waals surface area contributed by atoms with E-state index < -0.39 is 0 Å². The number of fused-ring (bicyclic) bond motifs is 2. The Hall–Kier alpha value is -3.78. The summed E-state index contributed by atoms with van der Waals surface area (Å²) in [6.45, 7) is 0.704. The molecule has 0 aliphatic heterocycles. The second-order valence-corrected chi connectivity index (χ2v) is 8.56. The van der Waals surface area contributed by atoms with Crippen LogP contribution in [0.4, 0.5) is 0 Å². The van der Waals surface area contributed by atoms with Crippen LogP contribution >= 0.6 is 11.8 Å². The zero-order chi connectivity index (χ0) is 22.8. The van der Waals surface area contributed by atoms with Gasteiger partial charge in [-0.25, -0.2) is 9.97 Å². The molecular formula is C25H23N5O2S. The largest absolute Gasteiger partial charge is 0.497 e. The van der Waals surface area contributed by atoms with Gasteiger partial charge in [0.15, 0.2) is 16.3 Å². The van der Waals surface area contributed by atoms with E-state index in [1.807, 2.05) is 22.8 Å². The fraction of sp³-hybridized carbons (Fsp3) is 0.160. The van der Waals surface area contributed by atoms with Gasteiger partial charge in [0.25, 0.3) is 0 Å². The molecule has 2 heterocycles. The van der Waals surface area contributed by atoms with Gasteiger partial charge in [0.2, 0.25) is 0 Å². The summed E-state index contributed by atoms with van der Waals surface area (Å²) in [5, 5.41) is 11.4. The molecular weight excluding hydrogens is 434 g/mol. The van der Waals surface area contributed by atoms with Gasteiger partial charge in [0.1, 0.15) is 17.0 Å². The lowest BCUT2D eigenvalue weighted by Crippen LogP contribution is -2.13. The van der Waals surface area contributed by atoms with E-state index in [4.69, 9.17) is 19.9 Å². The summed E-state index contributed by atoms with van der Waals surface area (Å²) in [6, 6.07) is 20.4. The molecule has 0 spiro atoms. The number of rotatable bonds is 7. The Kier molecular flexibility index (Phi) is 5.75. The number of methoxy groups -OCH3 is 2. The maximum absolute atomic E-state index is 8.25. The first kappa shape index (κ1) is 21.1. The van der Waals surface area contributed by atoms with Crippen LogP contribution in [0.5, 0.6) is 11.5 Å². The number of nitrogens with one attached hydrogen (secondary N) is 2. The van der Waals surface area contributed by atoms with Crippen LogP contribution in [0.2, 0.25) is 0 Å². The van der Waals surface area contributed by atoms with E-state index >= 15 is 0 Å². The highest BCUT2D eigenvalue weighted by Gasteiger charge is 2.14. The van der Waals surface area contributed by atoms with Crippen LogP contribution in [0.1, 0.15) is 5.56 Å². The van der Waals surface area contributed by atoms with Crippen molar-refractivity contribution in [1.82, 2.24) is 19.5 Å². The van der Waals surface area contributed by atoms with E-state index in [0.717, 1.165) is 22.8 Å². The van der Waals surface area contributed by atoms with Gasteiger partial charge in [0.05, 0.1) is 25.4 Å². The standard InChI is InChI=1S/C25H23N5O2S/c1-31-18-10-11-20(32-2)21(14-18)33-25-28-22-23(26)27-15-30(24(22)29-25)13-12-17-8-5-7-16-6-3-4-9-19(16)17/h3-11,14-15,26H,12-13H2,1-2H3,(H,28,29). The number of aromatic nitrogens is 4. The molecule has 166 valence electrons. The minimum absolute atomic E-state index is 0.170. The van der Waals surface area contributed by atoms with Gasteiger partial charge < -0.3 is 19.0 Å². The van der Waals surface area contributed by atoms with Crippen LogP contribution in [0, 0.1) is 5.41 Å². The van der Waals surface area contributed by atoms with Gasteiger partial charge in [-0.1, -0.05) is 42.5 Å². The number of aryl methyl sites for hydroxylation is 2. The molecule has 0 radical (unpaired) electrons. The van der Waals surface area contributed by atoms with E-state index in [-0.39, 0.29) is 5.49 Å². The summed E-state index contributed by atoms with van der Waals surface area (Å²) >= 11 is 1.43. The van der Waals surface area contributed by atoms with E-state index in [2.05, 4.69) is 52.4 Å². The molecule has 0 amide bonds. The molecule has 0 saturated carbocycles. The van der Waals surface area contributed by atoms with Gasteiger partial charge in [0, 0.05) is 6.54 Å². The van der Waals surface area contributed by atoms with Crippen LogP contribution in [-0.4, -0.2) is 33.7 Å². The lowest BCUT2D eigenvalue weighted by Gasteiger charge is -2.09. The van der Waals surface area contributed by atoms with Crippen LogP contribution in [-0.2, 0) is 13.0 Å². The lowest BCUT2D eigenvalue weighted by atomic mass is 10.0. The Morgan fingerprint density at radius 2 is 1.88 bits per heavy atom. The summed E-state index contributed by atoms with van der Waals surface area (Å²) in [7, 11) is 3.27.